The number of aromatic nitrogens is 2. The minimum atomic E-state index is 0.116. The molecule has 25 heavy (non-hydrogen) atoms. The van der Waals surface area contributed by atoms with Crippen molar-refractivity contribution in [2.75, 3.05) is 24.5 Å². The quantitative estimate of drug-likeness (QED) is 0.713. The maximum Gasteiger partial charge on any atom is 0.220 e. The fraction of sp³-hybridized carbons (Fsp3) is 0.500. The van der Waals surface area contributed by atoms with Gasteiger partial charge in [0.15, 0.2) is 0 Å². The molecule has 5 heteroatoms. The molecule has 2 rings (SSSR count). The number of hydrogen-bond acceptors (Lipinski definition) is 3. The van der Waals surface area contributed by atoms with Gasteiger partial charge in [0, 0.05) is 44.5 Å². The van der Waals surface area contributed by atoms with Gasteiger partial charge in [-0.15, -0.1) is 0 Å². The summed E-state index contributed by atoms with van der Waals surface area (Å²) < 4.78 is 1.88. The molecule has 2 aromatic rings. The van der Waals surface area contributed by atoms with Crippen LogP contribution in [0.4, 0.5) is 5.69 Å². The zero-order valence-corrected chi connectivity index (χ0v) is 15.9. The zero-order valence-electron chi connectivity index (χ0n) is 15.9. The summed E-state index contributed by atoms with van der Waals surface area (Å²) in [6, 6.07) is 10.4. The van der Waals surface area contributed by atoms with Gasteiger partial charge in [0.05, 0.1) is 5.69 Å². The van der Waals surface area contributed by atoms with Gasteiger partial charge >= 0.3 is 0 Å². The van der Waals surface area contributed by atoms with Gasteiger partial charge in [0.25, 0.3) is 0 Å². The average molecular weight is 342 g/mol. The van der Waals surface area contributed by atoms with Gasteiger partial charge in [0.2, 0.25) is 5.91 Å². The molecule has 0 aliphatic rings. The number of hydrogen-bond donors (Lipinski definition) is 1. The molecular formula is C20H30N4O. The molecule has 1 N–H and O–H groups in total. The van der Waals surface area contributed by atoms with E-state index in [1.165, 1.54) is 11.3 Å². The van der Waals surface area contributed by atoms with E-state index in [1.54, 1.807) is 0 Å². The second-order valence-corrected chi connectivity index (χ2v) is 6.39. The summed E-state index contributed by atoms with van der Waals surface area (Å²) in [7, 11) is 1.94. The SMILES string of the molecule is CCN(CCCNC(=O)CCc1c(C)nn(C)c1C)c1ccccc1. The van der Waals surface area contributed by atoms with E-state index >= 15 is 0 Å². The molecule has 1 aromatic heterocycles. The highest BCUT2D eigenvalue weighted by Crippen LogP contribution is 2.14. The molecule has 0 aliphatic carbocycles. The van der Waals surface area contributed by atoms with E-state index in [2.05, 4.69) is 53.4 Å². The lowest BCUT2D eigenvalue weighted by Crippen LogP contribution is -2.30. The summed E-state index contributed by atoms with van der Waals surface area (Å²) in [5, 5.41) is 7.44. The van der Waals surface area contributed by atoms with E-state index in [9.17, 15) is 4.79 Å². The number of anilines is 1. The van der Waals surface area contributed by atoms with Crippen LogP contribution in [0.3, 0.4) is 0 Å². The third kappa shape index (κ3) is 5.34. The molecule has 0 bridgehead atoms. The van der Waals surface area contributed by atoms with Crippen LogP contribution < -0.4 is 10.2 Å². The van der Waals surface area contributed by atoms with Gasteiger partial charge in [-0.05, 0) is 51.3 Å². The number of nitrogens with one attached hydrogen (secondary N) is 1. The largest absolute Gasteiger partial charge is 0.372 e. The predicted molar refractivity (Wildman–Crippen MR) is 103 cm³/mol. The molecule has 0 fully saturated rings. The lowest BCUT2D eigenvalue weighted by Gasteiger charge is -2.23. The number of benzene rings is 1. The van der Waals surface area contributed by atoms with E-state index in [0.717, 1.165) is 37.3 Å². The first-order chi connectivity index (χ1) is 12.0. The first kappa shape index (κ1) is 19.0. The number of para-hydroxylation sites is 1. The van der Waals surface area contributed by atoms with E-state index < -0.39 is 0 Å². The Balaban J connectivity index is 1.70. The maximum absolute atomic E-state index is 12.1. The van der Waals surface area contributed by atoms with Gasteiger partial charge in [-0.1, -0.05) is 18.2 Å². The Hall–Kier alpha value is -2.30. The summed E-state index contributed by atoms with van der Waals surface area (Å²) in [6.45, 7) is 8.84. The van der Waals surface area contributed by atoms with Crippen molar-refractivity contribution in [2.45, 2.75) is 40.0 Å². The molecule has 1 amide bonds. The normalized spacial score (nSPS) is 10.7. The lowest BCUT2D eigenvalue weighted by atomic mass is 10.1. The Labute approximate surface area is 151 Å². The van der Waals surface area contributed by atoms with Crippen LogP contribution in [0.25, 0.3) is 0 Å². The van der Waals surface area contributed by atoms with Crippen LogP contribution in [-0.2, 0) is 18.3 Å². The second kappa shape index (κ2) is 9.25. The van der Waals surface area contributed by atoms with Crippen LogP contribution in [0.2, 0.25) is 0 Å². The Morgan fingerprint density at radius 1 is 1.24 bits per heavy atom. The maximum atomic E-state index is 12.1. The molecule has 1 aromatic carbocycles. The molecule has 0 spiro atoms. The van der Waals surface area contributed by atoms with Crippen molar-refractivity contribution in [1.82, 2.24) is 15.1 Å². The number of carbonyl (C=O) groups excluding carboxylic acids is 1. The predicted octanol–water partition coefficient (Wildman–Crippen LogP) is 3.00. The molecule has 1 heterocycles. The minimum absolute atomic E-state index is 0.116. The van der Waals surface area contributed by atoms with Crippen LogP contribution in [0, 0.1) is 13.8 Å². The summed E-state index contributed by atoms with van der Waals surface area (Å²) in [6.07, 6.45) is 2.21. The third-order valence-corrected chi connectivity index (χ3v) is 4.69. The Morgan fingerprint density at radius 3 is 2.56 bits per heavy atom. The summed E-state index contributed by atoms with van der Waals surface area (Å²) >= 11 is 0. The molecule has 0 aliphatic heterocycles. The summed E-state index contributed by atoms with van der Waals surface area (Å²) in [4.78, 5) is 14.4. The van der Waals surface area contributed by atoms with Crippen LogP contribution in [0.5, 0.6) is 0 Å². The highest BCUT2D eigenvalue weighted by Gasteiger charge is 2.11. The van der Waals surface area contributed by atoms with Crippen molar-refractivity contribution in [3.63, 3.8) is 0 Å². The van der Waals surface area contributed by atoms with Gasteiger partial charge in [-0.25, -0.2) is 0 Å². The van der Waals surface area contributed by atoms with Crippen molar-refractivity contribution in [3.8, 4) is 0 Å². The van der Waals surface area contributed by atoms with Crippen molar-refractivity contribution in [3.05, 3.63) is 47.3 Å². The van der Waals surface area contributed by atoms with E-state index in [0.29, 0.717) is 13.0 Å². The van der Waals surface area contributed by atoms with Crippen LogP contribution in [0.1, 0.15) is 36.7 Å². The van der Waals surface area contributed by atoms with Crippen molar-refractivity contribution >= 4 is 11.6 Å². The fourth-order valence-corrected chi connectivity index (χ4v) is 3.11. The minimum Gasteiger partial charge on any atom is -0.372 e. The van der Waals surface area contributed by atoms with Gasteiger partial charge in [0.1, 0.15) is 0 Å². The van der Waals surface area contributed by atoms with E-state index in [-0.39, 0.29) is 5.91 Å². The van der Waals surface area contributed by atoms with Crippen LogP contribution in [-0.4, -0.2) is 35.3 Å². The number of carbonyl (C=O) groups is 1. The van der Waals surface area contributed by atoms with Crippen LogP contribution in [0.15, 0.2) is 30.3 Å². The number of amides is 1. The Kier molecular flexibility index (Phi) is 7.04. The first-order valence-corrected chi connectivity index (χ1v) is 9.08. The molecule has 0 radical (unpaired) electrons. The monoisotopic (exact) mass is 342 g/mol. The molecule has 0 unspecified atom stereocenters. The van der Waals surface area contributed by atoms with Crippen molar-refractivity contribution < 1.29 is 4.79 Å². The molecular weight excluding hydrogens is 312 g/mol. The van der Waals surface area contributed by atoms with Crippen LogP contribution >= 0.6 is 0 Å². The second-order valence-electron chi connectivity index (χ2n) is 6.39. The first-order valence-electron chi connectivity index (χ1n) is 9.08. The summed E-state index contributed by atoms with van der Waals surface area (Å²) in [5.74, 6) is 0.116. The number of rotatable bonds is 9. The van der Waals surface area contributed by atoms with Gasteiger partial charge in [-0.2, -0.15) is 5.10 Å². The average Bonchev–Trinajstić information content (AvgIpc) is 2.86. The smallest absolute Gasteiger partial charge is 0.220 e. The third-order valence-electron chi connectivity index (χ3n) is 4.69. The van der Waals surface area contributed by atoms with E-state index in [1.807, 2.05) is 24.7 Å². The van der Waals surface area contributed by atoms with Crippen molar-refractivity contribution in [1.29, 1.82) is 0 Å². The summed E-state index contributed by atoms with van der Waals surface area (Å²) in [5.41, 5.74) is 4.60. The highest BCUT2D eigenvalue weighted by molar-refractivity contribution is 5.76. The molecule has 0 saturated carbocycles. The highest BCUT2D eigenvalue weighted by atomic mass is 16.1. The van der Waals surface area contributed by atoms with Gasteiger partial charge < -0.3 is 10.2 Å². The fourth-order valence-electron chi connectivity index (χ4n) is 3.11. The van der Waals surface area contributed by atoms with E-state index in [4.69, 9.17) is 0 Å². The number of nitrogens with zero attached hydrogens (tertiary/aromatic N) is 3. The topological polar surface area (TPSA) is 50.2 Å². The molecule has 5 nitrogen and oxygen atoms in total. The molecule has 136 valence electrons. The number of aryl methyl sites for hydroxylation is 2. The zero-order chi connectivity index (χ0) is 18.2. The van der Waals surface area contributed by atoms with Crippen molar-refractivity contribution in [2.24, 2.45) is 7.05 Å². The standard InChI is InChI=1S/C20H30N4O/c1-5-24(18-10-7-6-8-11-18)15-9-14-21-20(25)13-12-19-16(2)22-23(4)17(19)3/h6-8,10-11H,5,9,12-15H2,1-4H3,(H,21,25). The lowest BCUT2D eigenvalue weighted by molar-refractivity contribution is -0.121. The molecule has 0 saturated heterocycles. The Morgan fingerprint density at radius 2 is 1.96 bits per heavy atom. The van der Waals surface area contributed by atoms with Gasteiger partial charge in [-0.3, -0.25) is 9.48 Å². The molecule has 0 atom stereocenters. The Bertz CT molecular complexity index is 679.